The number of pyridine rings is 1. The summed E-state index contributed by atoms with van der Waals surface area (Å²) in [4.78, 5) is 38.9. The molecule has 0 aliphatic heterocycles. The highest BCUT2D eigenvalue weighted by Gasteiger charge is 2.15. The minimum absolute atomic E-state index is 0.149. The molecule has 1 aromatic carbocycles. The Morgan fingerprint density at radius 1 is 1.20 bits per heavy atom. The molecule has 0 radical (unpaired) electrons. The summed E-state index contributed by atoms with van der Waals surface area (Å²) in [5, 5.41) is 0.610. The molecular formula is C17H17ClN2O5. The number of aromatic amines is 1. The second kappa shape index (κ2) is 8.89. The molecule has 0 saturated heterocycles. The lowest BCUT2D eigenvalue weighted by Crippen LogP contribution is -2.34. The van der Waals surface area contributed by atoms with E-state index in [1.54, 1.807) is 31.3 Å². The summed E-state index contributed by atoms with van der Waals surface area (Å²) in [6, 6.07) is 9.69. The van der Waals surface area contributed by atoms with Crippen molar-refractivity contribution in [2.45, 2.75) is 0 Å². The van der Waals surface area contributed by atoms with Crippen LogP contribution in [-0.4, -0.2) is 48.6 Å². The largest absolute Gasteiger partial charge is 0.492 e. The van der Waals surface area contributed by atoms with Gasteiger partial charge in [-0.15, -0.1) is 0 Å². The van der Waals surface area contributed by atoms with Gasteiger partial charge in [-0.25, -0.2) is 4.79 Å². The van der Waals surface area contributed by atoms with Crippen molar-refractivity contribution < 1.29 is 19.1 Å². The summed E-state index contributed by atoms with van der Waals surface area (Å²) in [7, 11) is 1.57. The van der Waals surface area contributed by atoms with Crippen LogP contribution in [0.5, 0.6) is 5.75 Å². The van der Waals surface area contributed by atoms with E-state index in [-0.39, 0.29) is 12.2 Å². The summed E-state index contributed by atoms with van der Waals surface area (Å²) in [5.74, 6) is -0.610. The number of ether oxygens (including phenoxy) is 2. The van der Waals surface area contributed by atoms with Crippen molar-refractivity contribution in [3.63, 3.8) is 0 Å². The fraction of sp³-hybridized carbons (Fsp3) is 0.235. The number of nitrogens with zero attached hydrogens (tertiary/aromatic N) is 1. The van der Waals surface area contributed by atoms with Crippen LogP contribution in [0.15, 0.2) is 47.4 Å². The van der Waals surface area contributed by atoms with E-state index in [0.29, 0.717) is 17.3 Å². The van der Waals surface area contributed by atoms with Crippen molar-refractivity contribution in [2.24, 2.45) is 0 Å². The van der Waals surface area contributed by atoms with Crippen LogP contribution in [0.25, 0.3) is 0 Å². The Bertz CT molecular complexity index is 788. The molecule has 0 bridgehead atoms. The van der Waals surface area contributed by atoms with Crippen LogP contribution in [0.3, 0.4) is 0 Å². The fourth-order valence-electron chi connectivity index (χ4n) is 1.85. The van der Waals surface area contributed by atoms with E-state index >= 15 is 0 Å². The first kappa shape index (κ1) is 18.5. The molecule has 132 valence electrons. The highest BCUT2D eigenvalue weighted by atomic mass is 35.5. The molecule has 0 atom stereocenters. The van der Waals surface area contributed by atoms with Crippen LogP contribution in [0.2, 0.25) is 5.02 Å². The third-order valence-electron chi connectivity index (χ3n) is 3.30. The van der Waals surface area contributed by atoms with E-state index in [9.17, 15) is 14.4 Å². The highest BCUT2D eigenvalue weighted by molar-refractivity contribution is 6.30. The SMILES string of the molecule is CN(CCOc1ccc(Cl)cc1)C(=O)COC(=O)c1ccc[nH]c1=O. The van der Waals surface area contributed by atoms with E-state index in [2.05, 4.69) is 4.98 Å². The monoisotopic (exact) mass is 364 g/mol. The normalized spacial score (nSPS) is 10.2. The van der Waals surface area contributed by atoms with Crippen LogP contribution in [-0.2, 0) is 9.53 Å². The zero-order valence-electron chi connectivity index (χ0n) is 13.5. The first-order valence-electron chi connectivity index (χ1n) is 7.44. The predicted octanol–water partition coefficient (Wildman–Crippen LogP) is 1.72. The topological polar surface area (TPSA) is 88.7 Å². The second-order valence-electron chi connectivity index (χ2n) is 5.11. The smallest absolute Gasteiger partial charge is 0.344 e. The van der Waals surface area contributed by atoms with Gasteiger partial charge in [-0.1, -0.05) is 11.6 Å². The first-order chi connectivity index (χ1) is 12.0. The maximum absolute atomic E-state index is 11.9. The van der Waals surface area contributed by atoms with Crippen molar-refractivity contribution in [3.05, 3.63) is 63.5 Å². The van der Waals surface area contributed by atoms with Crippen molar-refractivity contribution >= 4 is 23.5 Å². The predicted molar refractivity (Wildman–Crippen MR) is 91.9 cm³/mol. The summed E-state index contributed by atoms with van der Waals surface area (Å²) in [6.07, 6.45) is 1.40. The Kier molecular flexibility index (Phi) is 6.59. The van der Waals surface area contributed by atoms with E-state index in [1.807, 2.05) is 0 Å². The Morgan fingerprint density at radius 2 is 1.92 bits per heavy atom. The van der Waals surface area contributed by atoms with Gasteiger partial charge in [0.05, 0.1) is 6.54 Å². The van der Waals surface area contributed by atoms with Gasteiger partial charge in [0.1, 0.15) is 17.9 Å². The number of benzene rings is 1. The van der Waals surface area contributed by atoms with Gasteiger partial charge in [-0.05, 0) is 36.4 Å². The molecule has 2 aromatic rings. The van der Waals surface area contributed by atoms with Gasteiger partial charge in [-0.2, -0.15) is 0 Å². The number of likely N-dealkylation sites (N-methyl/N-ethyl adjacent to an activating group) is 1. The number of esters is 1. The van der Waals surface area contributed by atoms with Crippen LogP contribution in [0.4, 0.5) is 0 Å². The van der Waals surface area contributed by atoms with Gasteiger partial charge in [0.25, 0.3) is 11.5 Å². The molecule has 0 fully saturated rings. The van der Waals surface area contributed by atoms with Crippen molar-refractivity contribution in [2.75, 3.05) is 26.8 Å². The molecule has 1 aromatic heterocycles. The number of rotatable bonds is 7. The molecule has 0 spiro atoms. The van der Waals surface area contributed by atoms with Gasteiger partial charge in [0.2, 0.25) is 0 Å². The van der Waals surface area contributed by atoms with Gasteiger partial charge >= 0.3 is 5.97 Å². The Morgan fingerprint density at radius 3 is 2.60 bits per heavy atom. The molecule has 0 aliphatic carbocycles. The van der Waals surface area contributed by atoms with Gasteiger partial charge in [0.15, 0.2) is 6.61 Å². The number of halogens is 1. The van der Waals surface area contributed by atoms with Crippen LogP contribution in [0, 0.1) is 0 Å². The molecule has 1 heterocycles. The molecule has 7 nitrogen and oxygen atoms in total. The molecule has 0 aliphatic rings. The van der Waals surface area contributed by atoms with Gasteiger partial charge in [-0.3, -0.25) is 9.59 Å². The van der Waals surface area contributed by atoms with E-state index in [0.717, 1.165) is 0 Å². The molecule has 8 heteroatoms. The number of carbonyl (C=O) groups is 2. The third kappa shape index (κ3) is 5.65. The van der Waals surface area contributed by atoms with Gasteiger partial charge < -0.3 is 19.4 Å². The quantitative estimate of drug-likeness (QED) is 0.756. The van der Waals surface area contributed by atoms with E-state index in [4.69, 9.17) is 21.1 Å². The maximum atomic E-state index is 11.9. The van der Waals surface area contributed by atoms with E-state index < -0.39 is 24.0 Å². The Labute approximate surface area is 149 Å². The highest BCUT2D eigenvalue weighted by Crippen LogP contribution is 2.15. The molecule has 0 saturated carbocycles. The molecule has 0 unspecified atom stereocenters. The van der Waals surface area contributed by atoms with Crippen LogP contribution >= 0.6 is 11.6 Å². The molecule has 1 N–H and O–H groups in total. The van der Waals surface area contributed by atoms with Crippen molar-refractivity contribution in [3.8, 4) is 5.75 Å². The lowest BCUT2D eigenvalue weighted by molar-refractivity contribution is -0.133. The van der Waals surface area contributed by atoms with Gasteiger partial charge in [0, 0.05) is 18.3 Å². The zero-order valence-corrected chi connectivity index (χ0v) is 14.3. The minimum Gasteiger partial charge on any atom is -0.492 e. The lowest BCUT2D eigenvalue weighted by atomic mass is 10.3. The molecule has 2 rings (SSSR count). The second-order valence-corrected chi connectivity index (χ2v) is 5.54. The van der Waals surface area contributed by atoms with Crippen molar-refractivity contribution in [1.82, 2.24) is 9.88 Å². The number of nitrogens with one attached hydrogen (secondary N) is 1. The summed E-state index contributed by atoms with van der Waals surface area (Å²) in [5.41, 5.74) is -0.714. The molecule has 25 heavy (non-hydrogen) atoms. The fourth-order valence-corrected chi connectivity index (χ4v) is 1.98. The van der Waals surface area contributed by atoms with Crippen LogP contribution in [0.1, 0.15) is 10.4 Å². The summed E-state index contributed by atoms with van der Waals surface area (Å²) < 4.78 is 10.4. The van der Waals surface area contributed by atoms with Crippen molar-refractivity contribution in [1.29, 1.82) is 0 Å². The Balaban J connectivity index is 1.74. The average molecular weight is 365 g/mol. The summed E-state index contributed by atoms with van der Waals surface area (Å²) in [6.45, 7) is 0.131. The number of amides is 1. The van der Waals surface area contributed by atoms with Crippen LogP contribution < -0.4 is 10.3 Å². The number of aromatic nitrogens is 1. The molecule has 1 amide bonds. The number of H-pyrrole nitrogens is 1. The average Bonchev–Trinajstić information content (AvgIpc) is 2.61. The first-order valence-corrected chi connectivity index (χ1v) is 7.82. The van der Waals surface area contributed by atoms with E-state index in [1.165, 1.54) is 23.2 Å². The minimum atomic E-state index is -0.846. The summed E-state index contributed by atoms with van der Waals surface area (Å²) >= 11 is 5.78. The number of hydrogen-bond acceptors (Lipinski definition) is 5. The molecular weight excluding hydrogens is 348 g/mol. The zero-order chi connectivity index (χ0) is 18.2. The standard InChI is InChI=1S/C17H17ClN2O5/c1-20(9-10-24-13-6-4-12(18)5-7-13)15(21)11-25-17(23)14-3-2-8-19-16(14)22/h2-8H,9-11H2,1H3,(H,19,22). The lowest BCUT2D eigenvalue weighted by Gasteiger charge is -2.17. The Hall–Kier alpha value is -2.80. The third-order valence-corrected chi connectivity index (χ3v) is 3.55. The number of hydrogen-bond donors (Lipinski definition) is 1. The maximum Gasteiger partial charge on any atom is 0.344 e. The number of carbonyl (C=O) groups excluding carboxylic acids is 2.